The van der Waals surface area contributed by atoms with Crippen LogP contribution in [0.3, 0.4) is 0 Å². The molecule has 0 spiro atoms. The highest BCUT2D eigenvalue weighted by Gasteiger charge is 2.19. The van der Waals surface area contributed by atoms with Crippen LogP contribution in [0.25, 0.3) is 0 Å². The molecule has 0 aromatic heterocycles. The average molecular weight is 217 g/mol. The van der Waals surface area contributed by atoms with E-state index in [-0.39, 0.29) is 6.10 Å². The monoisotopic (exact) mass is 217 g/mol. The van der Waals surface area contributed by atoms with Crippen LogP contribution in [0.4, 0.5) is 0 Å². The molecular formula is C11H23NOS. The number of nitrogens with zero attached hydrogens (tertiary/aromatic N) is 1. The molecule has 1 saturated heterocycles. The van der Waals surface area contributed by atoms with E-state index >= 15 is 0 Å². The summed E-state index contributed by atoms with van der Waals surface area (Å²) < 4.78 is 0. The zero-order chi connectivity index (χ0) is 10.4. The number of aliphatic hydroxyl groups excluding tert-OH is 1. The smallest absolute Gasteiger partial charge is 0.0664 e. The number of rotatable bonds is 6. The van der Waals surface area contributed by atoms with Crippen molar-refractivity contribution in [3.8, 4) is 0 Å². The molecule has 0 radical (unpaired) electrons. The molecule has 84 valence electrons. The van der Waals surface area contributed by atoms with E-state index < -0.39 is 0 Å². The summed E-state index contributed by atoms with van der Waals surface area (Å²) in [6, 6.07) is 0. The van der Waals surface area contributed by atoms with Gasteiger partial charge in [-0.3, -0.25) is 0 Å². The van der Waals surface area contributed by atoms with Crippen molar-refractivity contribution < 1.29 is 5.11 Å². The van der Waals surface area contributed by atoms with E-state index in [4.69, 9.17) is 0 Å². The van der Waals surface area contributed by atoms with Gasteiger partial charge in [0.2, 0.25) is 0 Å². The lowest BCUT2D eigenvalue weighted by Gasteiger charge is -2.25. The molecule has 2 nitrogen and oxygen atoms in total. The van der Waals surface area contributed by atoms with Gasteiger partial charge in [0.1, 0.15) is 0 Å². The molecule has 2 atom stereocenters. The SMILES string of the molecule is CC[C@H](O)CN(CC)CC1CCSC1. The van der Waals surface area contributed by atoms with Gasteiger partial charge in [0.25, 0.3) is 0 Å². The summed E-state index contributed by atoms with van der Waals surface area (Å²) >= 11 is 2.07. The van der Waals surface area contributed by atoms with E-state index in [9.17, 15) is 5.11 Å². The molecule has 1 fully saturated rings. The Morgan fingerprint density at radius 1 is 1.50 bits per heavy atom. The maximum Gasteiger partial charge on any atom is 0.0664 e. The van der Waals surface area contributed by atoms with Gasteiger partial charge in [-0.05, 0) is 36.8 Å². The lowest BCUT2D eigenvalue weighted by molar-refractivity contribution is 0.105. The second-order valence-corrected chi connectivity index (χ2v) is 5.29. The van der Waals surface area contributed by atoms with Crippen molar-refractivity contribution in [3.05, 3.63) is 0 Å². The molecule has 1 N–H and O–H groups in total. The molecule has 1 aliphatic rings. The number of aliphatic hydroxyl groups is 1. The fourth-order valence-corrected chi connectivity index (χ4v) is 3.12. The molecule has 14 heavy (non-hydrogen) atoms. The van der Waals surface area contributed by atoms with Crippen molar-refractivity contribution in [3.63, 3.8) is 0 Å². The standard InChI is InChI=1S/C11H23NOS/c1-3-11(13)8-12(4-2)7-10-5-6-14-9-10/h10-11,13H,3-9H2,1-2H3/t10?,11-/m0/s1. The Hall–Kier alpha value is 0.270. The maximum atomic E-state index is 9.59. The molecule has 1 rings (SSSR count). The highest BCUT2D eigenvalue weighted by molar-refractivity contribution is 7.99. The summed E-state index contributed by atoms with van der Waals surface area (Å²) in [7, 11) is 0. The van der Waals surface area contributed by atoms with Crippen molar-refractivity contribution in [1.29, 1.82) is 0 Å². The molecule has 1 aliphatic heterocycles. The molecule has 0 aromatic rings. The molecule has 0 bridgehead atoms. The fourth-order valence-electron chi connectivity index (χ4n) is 1.85. The molecule has 3 heteroatoms. The summed E-state index contributed by atoms with van der Waals surface area (Å²) in [5, 5.41) is 9.59. The van der Waals surface area contributed by atoms with Crippen molar-refractivity contribution in [2.45, 2.75) is 32.8 Å². The lowest BCUT2D eigenvalue weighted by atomic mass is 10.1. The number of likely N-dealkylation sites (N-methyl/N-ethyl adjacent to an activating group) is 1. The van der Waals surface area contributed by atoms with Crippen LogP contribution < -0.4 is 0 Å². The van der Waals surface area contributed by atoms with Crippen LogP contribution in [0, 0.1) is 5.92 Å². The van der Waals surface area contributed by atoms with Crippen LogP contribution in [0.15, 0.2) is 0 Å². The van der Waals surface area contributed by atoms with E-state index in [0.29, 0.717) is 0 Å². The zero-order valence-electron chi connectivity index (χ0n) is 9.41. The largest absolute Gasteiger partial charge is 0.392 e. The second kappa shape index (κ2) is 6.70. The quantitative estimate of drug-likeness (QED) is 0.734. The third-order valence-corrected chi connectivity index (χ3v) is 4.16. The van der Waals surface area contributed by atoms with Gasteiger partial charge in [0.05, 0.1) is 6.10 Å². The molecule has 1 heterocycles. The maximum absolute atomic E-state index is 9.59. The van der Waals surface area contributed by atoms with Crippen LogP contribution in [-0.4, -0.2) is 47.3 Å². The first-order valence-corrected chi connectivity index (χ1v) is 6.89. The zero-order valence-corrected chi connectivity index (χ0v) is 10.2. The van der Waals surface area contributed by atoms with Gasteiger partial charge in [0.15, 0.2) is 0 Å². The van der Waals surface area contributed by atoms with E-state index in [2.05, 4.69) is 23.6 Å². The van der Waals surface area contributed by atoms with Crippen LogP contribution >= 0.6 is 11.8 Å². The minimum Gasteiger partial charge on any atom is -0.392 e. The van der Waals surface area contributed by atoms with Crippen LogP contribution in [0.5, 0.6) is 0 Å². The third kappa shape index (κ3) is 4.20. The highest BCUT2D eigenvalue weighted by Crippen LogP contribution is 2.24. The molecule has 0 aromatic carbocycles. The van der Waals surface area contributed by atoms with Gasteiger partial charge >= 0.3 is 0 Å². The number of thioether (sulfide) groups is 1. The normalized spacial score (nSPS) is 24.4. The topological polar surface area (TPSA) is 23.5 Å². The summed E-state index contributed by atoms with van der Waals surface area (Å²) in [4.78, 5) is 2.39. The van der Waals surface area contributed by atoms with Gasteiger partial charge in [-0.15, -0.1) is 0 Å². The summed E-state index contributed by atoms with van der Waals surface area (Å²) in [5.74, 6) is 3.51. The van der Waals surface area contributed by atoms with E-state index in [1.807, 2.05) is 6.92 Å². The molecule has 0 saturated carbocycles. The Bertz CT molecular complexity index is 148. The minimum atomic E-state index is -0.135. The van der Waals surface area contributed by atoms with Gasteiger partial charge in [-0.25, -0.2) is 0 Å². The lowest BCUT2D eigenvalue weighted by Crippen LogP contribution is -2.35. The Kier molecular flexibility index (Phi) is 5.90. The Morgan fingerprint density at radius 2 is 2.29 bits per heavy atom. The van der Waals surface area contributed by atoms with Crippen LogP contribution in [-0.2, 0) is 0 Å². The van der Waals surface area contributed by atoms with Gasteiger partial charge in [-0.1, -0.05) is 13.8 Å². The highest BCUT2D eigenvalue weighted by atomic mass is 32.2. The predicted molar refractivity (Wildman–Crippen MR) is 63.8 cm³/mol. The third-order valence-electron chi connectivity index (χ3n) is 2.93. The summed E-state index contributed by atoms with van der Waals surface area (Å²) in [5.41, 5.74) is 0. The number of hydrogen-bond acceptors (Lipinski definition) is 3. The summed E-state index contributed by atoms with van der Waals surface area (Å²) in [6.07, 6.45) is 2.10. The molecule has 0 amide bonds. The Labute approximate surface area is 92.1 Å². The van der Waals surface area contributed by atoms with Crippen molar-refractivity contribution in [2.75, 3.05) is 31.1 Å². The Morgan fingerprint density at radius 3 is 2.79 bits per heavy atom. The van der Waals surface area contributed by atoms with E-state index in [0.717, 1.165) is 25.4 Å². The molecular weight excluding hydrogens is 194 g/mol. The van der Waals surface area contributed by atoms with Gasteiger partial charge in [-0.2, -0.15) is 11.8 Å². The first-order chi connectivity index (χ1) is 6.76. The molecule has 1 unspecified atom stereocenters. The summed E-state index contributed by atoms with van der Waals surface area (Å²) in [6.45, 7) is 7.33. The molecule has 0 aliphatic carbocycles. The first-order valence-electron chi connectivity index (χ1n) is 5.74. The van der Waals surface area contributed by atoms with Crippen molar-refractivity contribution >= 4 is 11.8 Å². The minimum absolute atomic E-state index is 0.135. The van der Waals surface area contributed by atoms with Crippen LogP contribution in [0.2, 0.25) is 0 Å². The van der Waals surface area contributed by atoms with Crippen LogP contribution in [0.1, 0.15) is 26.7 Å². The Balaban J connectivity index is 2.22. The van der Waals surface area contributed by atoms with Gasteiger partial charge in [0, 0.05) is 13.1 Å². The van der Waals surface area contributed by atoms with E-state index in [1.165, 1.54) is 24.5 Å². The van der Waals surface area contributed by atoms with Crippen molar-refractivity contribution in [1.82, 2.24) is 4.90 Å². The first kappa shape index (κ1) is 12.3. The number of hydrogen-bond donors (Lipinski definition) is 1. The van der Waals surface area contributed by atoms with E-state index in [1.54, 1.807) is 0 Å². The average Bonchev–Trinajstić information content (AvgIpc) is 2.69. The second-order valence-electron chi connectivity index (χ2n) is 4.14. The fraction of sp³-hybridized carbons (Fsp3) is 1.00. The van der Waals surface area contributed by atoms with Gasteiger partial charge < -0.3 is 10.0 Å². The van der Waals surface area contributed by atoms with Crippen molar-refractivity contribution in [2.24, 2.45) is 5.92 Å². The predicted octanol–water partition coefficient (Wildman–Crippen LogP) is 1.83.